The van der Waals surface area contributed by atoms with Crippen LogP contribution in [0.1, 0.15) is 24.2 Å². The highest BCUT2D eigenvalue weighted by molar-refractivity contribution is 5.74. The minimum atomic E-state index is -0.126. The van der Waals surface area contributed by atoms with Gasteiger partial charge < -0.3 is 10.2 Å². The van der Waals surface area contributed by atoms with Gasteiger partial charge in [0.25, 0.3) is 0 Å². The van der Waals surface area contributed by atoms with Gasteiger partial charge in [-0.05, 0) is 26.0 Å². The highest BCUT2D eigenvalue weighted by Crippen LogP contribution is 2.20. The van der Waals surface area contributed by atoms with Crippen molar-refractivity contribution in [3.8, 4) is 5.69 Å². The first-order chi connectivity index (χ1) is 10.5. The van der Waals surface area contributed by atoms with Gasteiger partial charge in [-0.1, -0.05) is 24.3 Å². The van der Waals surface area contributed by atoms with Gasteiger partial charge >= 0.3 is 6.03 Å². The van der Waals surface area contributed by atoms with Gasteiger partial charge in [-0.3, -0.25) is 0 Å². The van der Waals surface area contributed by atoms with Crippen LogP contribution >= 0.6 is 0 Å². The summed E-state index contributed by atoms with van der Waals surface area (Å²) in [7, 11) is 1.74. The van der Waals surface area contributed by atoms with Crippen LogP contribution in [-0.2, 0) is 0 Å². The van der Waals surface area contributed by atoms with Gasteiger partial charge in [0.1, 0.15) is 0 Å². The molecule has 1 aromatic carbocycles. The summed E-state index contributed by atoms with van der Waals surface area (Å²) in [5, 5.41) is 7.40. The summed E-state index contributed by atoms with van der Waals surface area (Å²) in [5.74, 6) is 0. The first-order valence-corrected chi connectivity index (χ1v) is 7.27. The summed E-state index contributed by atoms with van der Waals surface area (Å²) >= 11 is 0. The van der Waals surface area contributed by atoms with Crippen LogP contribution in [0.2, 0.25) is 0 Å². The quantitative estimate of drug-likeness (QED) is 0.862. The number of rotatable bonds is 5. The van der Waals surface area contributed by atoms with E-state index < -0.39 is 0 Å². The normalized spacial score (nSPS) is 11.8. The van der Waals surface area contributed by atoms with E-state index in [0.717, 1.165) is 16.9 Å². The van der Waals surface area contributed by atoms with Crippen LogP contribution in [0.15, 0.2) is 49.2 Å². The molecular formula is C17H22N4O. The Bertz CT molecular complexity index is 648. The lowest BCUT2D eigenvalue weighted by atomic mass is 10.1. The third-order valence-corrected chi connectivity index (χ3v) is 3.60. The molecule has 5 nitrogen and oxygen atoms in total. The number of hydrogen-bond donors (Lipinski definition) is 1. The Hall–Kier alpha value is -2.56. The predicted octanol–water partition coefficient (Wildman–Crippen LogP) is 3.07. The minimum Gasteiger partial charge on any atom is -0.331 e. The molecule has 0 aliphatic carbocycles. The van der Waals surface area contributed by atoms with Crippen molar-refractivity contribution >= 4 is 6.03 Å². The molecule has 0 radical (unpaired) electrons. The lowest BCUT2D eigenvalue weighted by molar-refractivity contribution is 0.210. The summed E-state index contributed by atoms with van der Waals surface area (Å²) in [6.45, 7) is 8.11. The Morgan fingerprint density at radius 2 is 2.14 bits per heavy atom. The number of aromatic nitrogens is 2. The first kappa shape index (κ1) is 15.8. The van der Waals surface area contributed by atoms with Crippen LogP contribution < -0.4 is 5.32 Å². The molecule has 0 saturated heterocycles. The molecule has 2 amide bonds. The number of amides is 2. The number of benzene rings is 1. The molecule has 1 heterocycles. The summed E-state index contributed by atoms with van der Waals surface area (Å²) in [6.07, 6.45) is 3.50. The Morgan fingerprint density at radius 1 is 1.45 bits per heavy atom. The van der Waals surface area contributed by atoms with Gasteiger partial charge in [-0.15, -0.1) is 6.58 Å². The smallest absolute Gasteiger partial charge is 0.317 e. The molecule has 0 bridgehead atoms. The van der Waals surface area contributed by atoms with Crippen LogP contribution in [-0.4, -0.2) is 34.3 Å². The average molecular weight is 298 g/mol. The molecular weight excluding hydrogens is 276 g/mol. The summed E-state index contributed by atoms with van der Waals surface area (Å²) < 4.78 is 1.88. The molecule has 0 saturated carbocycles. The monoisotopic (exact) mass is 298 g/mol. The van der Waals surface area contributed by atoms with Gasteiger partial charge in [0.15, 0.2) is 0 Å². The van der Waals surface area contributed by atoms with E-state index in [-0.39, 0.29) is 12.1 Å². The number of carbonyl (C=O) groups excluding carboxylic acids is 1. The zero-order valence-corrected chi connectivity index (χ0v) is 13.3. The van der Waals surface area contributed by atoms with Crippen molar-refractivity contribution in [3.05, 3.63) is 60.4 Å². The van der Waals surface area contributed by atoms with E-state index in [2.05, 4.69) is 17.0 Å². The maximum absolute atomic E-state index is 12.0. The molecule has 116 valence electrons. The van der Waals surface area contributed by atoms with E-state index in [4.69, 9.17) is 0 Å². The van der Waals surface area contributed by atoms with E-state index in [1.165, 1.54) is 0 Å². The molecule has 22 heavy (non-hydrogen) atoms. The highest BCUT2D eigenvalue weighted by atomic mass is 16.2. The Labute approximate surface area is 131 Å². The zero-order valence-electron chi connectivity index (χ0n) is 13.3. The largest absolute Gasteiger partial charge is 0.331 e. The Morgan fingerprint density at radius 3 is 2.77 bits per heavy atom. The summed E-state index contributed by atoms with van der Waals surface area (Å²) in [6, 6.07) is 9.70. The second-order valence-corrected chi connectivity index (χ2v) is 5.27. The SMILES string of the molecule is C=CCN(C)C(=O)NC(C)c1cnn(-c2ccccc2)c1C. The second kappa shape index (κ2) is 6.93. The Kier molecular flexibility index (Phi) is 4.99. The van der Waals surface area contributed by atoms with E-state index in [1.807, 2.05) is 48.9 Å². The number of para-hydroxylation sites is 1. The lowest BCUT2D eigenvalue weighted by Gasteiger charge is -2.20. The van der Waals surface area contributed by atoms with Crippen molar-refractivity contribution in [2.75, 3.05) is 13.6 Å². The Balaban J connectivity index is 2.15. The van der Waals surface area contributed by atoms with E-state index >= 15 is 0 Å². The van der Waals surface area contributed by atoms with Crippen molar-refractivity contribution in [3.63, 3.8) is 0 Å². The fourth-order valence-electron chi connectivity index (χ4n) is 2.33. The molecule has 0 fully saturated rings. The molecule has 1 atom stereocenters. The molecule has 1 N–H and O–H groups in total. The summed E-state index contributed by atoms with van der Waals surface area (Å²) in [5.41, 5.74) is 3.03. The van der Waals surface area contributed by atoms with Gasteiger partial charge in [0.05, 0.1) is 17.9 Å². The molecule has 5 heteroatoms. The van der Waals surface area contributed by atoms with E-state index in [0.29, 0.717) is 6.54 Å². The van der Waals surface area contributed by atoms with Crippen LogP contribution in [0.25, 0.3) is 5.69 Å². The van der Waals surface area contributed by atoms with E-state index in [1.54, 1.807) is 24.2 Å². The van der Waals surface area contributed by atoms with Gasteiger partial charge in [-0.25, -0.2) is 9.48 Å². The molecule has 0 aliphatic heterocycles. The van der Waals surface area contributed by atoms with Crippen molar-refractivity contribution in [2.45, 2.75) is 19.9 Å². The van der Waals surface area contributed by atoms with Crippen LogP contribution in [0.3, 0.4) is 0 Å². The second-order valence-electron chi connectivity index (χ2n) is 5.27. The van der Waals surface area contributed by atoms with Crippen molar-refractivity contribution < 1.29 is 4.79 Å². The molecule has 0 spiro atoms. The van der Waals surface area contributed by atoms with E-state index in [9.17, 15) is 4.79 Å². The molecule has 2 rings (SSSR count). The van der Waals surface area contributed by atoms with Gasteiger partial charge in [0.2, 0.25) is 0 Å². The van der Waals surface area contributed by atoms with Crippen molar-refractivity contribution in [1.29, 1.82) is 0 Å². The lowest BCUT2D eigenvalue weighted by Crippen LogP contribution is -2.38. The third kappa shape index (κ3) is 3.36. The van der Waals surface area contributed by atoms with Crippen LogP contribution in [0, 0.1) is 6.92 Å². The fraction of sp³-hybridized carbons (Fsp3) is 0.294. The number of carbonyl (C=O) groups is 1. The molecule has 2 aromatic rings. The maximum atomic E-state index is 12.0. The number of nitrogens with one attached hydrogen (secondary N) is 1. The van der Waals surface area contributed by atoms with Gasteiger partial charge in [0, 0.05) is 24.8 Å². The predicted molar refractivity (Wildman–Crippen MR) is 88.1 cm³/mol. The van der Waals surface area contributed by atoms with Gasteiger partial charge in [-0.2, -0.15) is 5.10 Å². The number of hydrogen-bond acceptors (Lipinski definition) is 2. The first-order valence-electron chi connectivity index (χ1n) is 7.27. The van der Waals surface area contributed by atoms with Crippen LogP contribution in [0.4, 0.5) is 4.79 Å². The molecule has 1 aromatic heterocycles. The molecule has 0 aliphatic rings. The highest BCUT2D eigenvalue weighted by Gasteiger charge is 2.17. The average Bonchev–Trinajstić information content (AvgIpc) is 2.90. The number of nitrogens with zero attached hydrogens (tertiary/aromatic N) is 3. The van der Waals surface area contributed by atoms with Crippen molar-refractivity contribution in [2.24, 2.45) is 0 Å². The topological polar surface area (TPSA) is 50.2 Å². The fourth-order valence-corrected chi connectivity index (χ4v) is 2.33. The zero-order chi connectivity index (χ0) is 16.1. The standard InChI is InChI=1S/C17H22N4O/c1-5-11-20(4)17(22)19-13(2)16-12-18-21(14(16)3)15-9-7-6-8-10-15/h5-10,12-13H,1,11H2,2-4H3,(H,19,22). The third-order valence-electron chi connectivity index (χ3n) is 3.60. The van der Waals surface area contributed by atoms with Crippen molar-refractivity contribution in [1.82, 2.24) is 20.0 Å². The maximum Gasteiger partial charge on any atom is 0.317 e. The number of urea groups is 1. The molecule has 1 unspecified atom stereocenters. The minimum absolute atomic E-state index is 0.114. The number of likely N-dealkylation sites (N-methyl/N-ethyl adjacent to an activating group) is 1. The summed E-state index contributed by atoms with van der Waals surface area (Å²) in [4.78, 5) is 13.6. The van der Waals surface area contributed by atoms with Crippen LogP contribution in [0.5, 0.6) is 0 Å².